The monoisotopic (exact) mass is 506 g/mol. The second-order valence-electron chi connectivity index (χ2n) is 6.77. The molecular formula is C22H20BrClN2O3S. The van der Waals surface area contributed by atoms with Gasteiger partial charge in [-0.1, -0.05) is 51.8 Å². The van der Waals surface area contributed by atoms with E-state index in [0.717, 1.165) is 19.9 Å². The molecule has 156 valence electrons. The van der Waals surface area contributed by atoms with Gasteiger partial charge in [-0.15, -0.1) is 0 Å². The van der Waals surface area contributed by atoms with Gasteiger partial charge in [-0.2, -0.15) is 0 Å². The number of aryl methyl sites for hydroxylation is 2. The number of amides is 1. The summed E-state index contributed by atoms with van der Waals surface area (Å²) in [4.78, 5) is 12.9. The molecule has 0 saturated carbocycles. The normalized spacial score (nSPS) is 11.2. The van der Waals surface area contributed by atoms with Crippen LogP contribution in [-0.4, -0.2) is 20.9 Å². The molecule has 0 bridgehead atoms. The molecule has 0 fully saturated rings. The van der Waals surface area contributed by atoms with E-state index in [1.54, 1.807) is 48.5 Å². The first-order chi connectivity index (χ1) is 14.2. The van der Waals surface area contributed by atoms with Gasteiger partial charge in [0.15, 0.2) is 0 Å². The van der Waals surface area contributed by atoms with E-state index in [1.165, 1.54) is 12.1 Å². The van der Waals surface area contributed by atoms with E-state index in [0.29, 0.717) is 16.4 Å². The van der Waals surface area contributed by atoms with Crippen LogP contribution in [-0.2, 0) is 14.8 Å². The third-order valence-corrected chi connectivity index (χ3v) is 7.59. The lowest BCUT2D eigenvalue weighted by Gasteiger charge is -2.24. The molecule has 3 rings (SSSR count). The Balaban J connectivity index is 1.95. The highest BCUT2D eigenvalue weighted by atomic mass is 79.9. The molecule has 30 heavy (non-hydrogen) atoms. The van der Waals surface area contributed by atoms with Gasteiger partial charge in [0.2, 0.25) is 5.91 Å². The molecule has 0 aliphatic carbocycles. The van der Waals surface area contributed by atoms with Crippen molar-refractivity contribution in [3.05, 3.63) is 87.4 Å². The summed E-state index contributed by atoms with van der Waals surface area (Å²) in [6.45, 7) is 3.33. The van der Waals surface area contributed by atoms with E-state index in [4.69, 9.17) is 11.6 Å². The highest BCUT2D eigenvalue weighted by Crippen LogP contribution is 2.28. The maximum absolute atomic E-state index is 13.3. The molecule has 0 saturated heterocycles. The zero-order chi connectivity index (χ0) is 21.9. The number of hydrogen-bond donors (Lipinski definition) is 1. The Bertz CT molecular complexity index is 1180. The molecule has 8 heteroatoms. The molecule has 3 aromatic carbocycles. The van der Waals surface area contributed by atoms with Crippen molar-refractivity contribution < 1.29 is 13.2 Å². The van der Waals surface area contributed by atoms with Crippen LogP contribution in [0.25, 0.3) is 0 Å². The molecule has 1 amide bonds. The van der Waals surface area contributed by atoms with Gasteiger partial charge in [0.1, 0.15) is 6.54 Å². The van der Waals surface area contributed by atoms with Crippen LogP contribution < -0.4 is 9.62 Å². The van der Waals surface area contributed by atoms with Crippen molar-refractivity contribution in [1.82, 2.24) is 0 Å². The molecule has 0 aromatic heterocycles. The molecule has 1 N–H and O–H groups in total. The quantitative estimate of drug-likeness (QED) is 0.475. The zero-order valence-corrected chi connectivity index (χ0v) is 19.6. The van der Waals surface area contributed by atoms with E-state index in [-0.39, 0.29) is 4.90 Å². The standard InChI is InChI=1S/C22H20BrClN2O3S/c1-15-8-10-18(13-21(15)24)26(30(28,29)19-6-4-3-5-7-19)14-22(27)25-17-9-11-20(23)16(2)12-17/h3-13H,14H2,1-2H3,(H,25,27). The minimum atomic E-state index is -3.98. The molecule has 0 heterocycles. The van der Waals surface area contributed by atoms with Gasteiger partial charge in [0.25, 0.3) is 10.0 Å². The van der Waals surface area contributed by atoms with Gasteiger partial charge in [-0.25, -0.2) is 8.42 Å². The second kappa shape index (κ2) is 9.20. The Labute approximate surface area is 189 Å². The first-order valence-electron chi connectivity index (χ1n) is 9.08. The lowest BCUT2D eigenvalue weighted by Crippen LogP contribution is -2.38. The van der Waals surface area contributed by atoms with Gasteiger partial charge in [-0.3, -0.25) is 9.10 Å². The average Bonchev–Trinajstić information content (AvgIpc) is 2.72. The zero-order valence-electron chi connectivity index (χ0n) is 16.4. The molecule has 3 aromatic rings. The molecular weight excluding hydrogens is 488 g/mol. The van der Waals surface area contributed by atoms with Crippen LogP contribution in [0.2, 0.25) is 5.02 Å². The van der Waals surface area contributed by atoms with Gasteiger partial charge in [-0.05, 0) is 67.4 Å². The number of hydrogen-bond acceptors (Lipinski definition) is 3. The van der Waals surface area contributed by atoms with E-state index in [2.05, 4.69) is 21.2 Å². The molecule has 0 spiro atoms. The van der Waals surface area contributed by atoms with E-state index in [1.807, 2.05) is 19.9 Å². The summed E-state index contributed by atoms with van der Waals surface area (Å²) in [6.07, 6.45) is 0. The van der Waals surface area contributed by atoms with Crippen molar-refractivity contribution in [2.24, 2.45) is 0 Å². The van der Waals surface area contributed by atoms with Crippen LogP contribution in [0.4, 0.5) is 11.4 Å². The highest BCUT2D eigenvalue weighted by molar-refractivity contribution is 9.10. The van der Waals surface area contributed by atoms with Crippen molar-refractivity contribution in [2.75, 3.05) is 16.2 Å². The summed E-state index contributed by atoms with van der Waals surface area (Å²) in [7, 11) is -3.98. The predicted molar refractivity (Wildman–Crippen MR) is 125 cm³/mol. The fourth-order valence-corrected chi connectivity index (χ4v) is 4.68. The first-order valence-corrected chi connectivity index (χ1v) is 11.7. The Morgan fingerprint density at radius 3 is 2.33 bits per heavy atom. The van der Waals surface area contributed by atoms with E-state index >= 15 is 0 Å². The Kier molecular flexibility index (Phi) is 6.85. The van der Waals surface area contributed by atoms with E-state index in [9.17, 15) is 13.2 Å². The summed E-state index contributed by atoms with van der Waals surface area (Å²) < 4.78 is 28.6. The Hall–Kier alpha value is -2.35. The molecule has 5 nitrogen and oxygen atoms in total. The average molecular weight is 508 g/mol. The van der Waals surface area contributed by atoms with Crippen LogP contribution in [0.5, 0.6) is 0 Å². The molecule has 0 aliphatic rings. The van der Waals surface area contributed by atoms with Gasteiger partial charge >= 0.3 is 0 Å². The summed E-state index contributed by atoms with van der Waals surface area (Å²) >= 11 is 9.64. The summed E-state index contributed by atoms with van der Waals surface area (Å²) in [5, 5.41) is 3.18. The number of benzene rings is 3. The number of anilines is 2. The van der Waals surface area contributed by atoms with Crippen molar-refractivity contribution in [1.29, 1.82) is 0 Å². The molecule has 0 unspecified atom stereocenters. The lowest BCUT2D eigenvalue weighted by molar-refractivity contribution is -0.114. The lowest BCUT2D eigenvalue weighted by atomic mass is 10.2. The smallest absolute Gasteiger partial charge is 0.264 e. The number of halogens is 2. The summed E-state index contributed by atoms with van der Waals surface area (Å²) in [6, 6.07) is 18.3. The third-order valence-electron chi connectivity index (χ3n) is 4.50. The summed E-state index contributed by atoms with van der Waals surface area (Å²) in [5.41, 5.74) is 2.66. The fourth-order valence-electron chi connectivity index (χ4n) is 2.83. The molecule has 0 atom stereocenters. The minimum absolute atomic E-state index is 0.0917. The molecule has 0 aliphatic heterocycles. The van der Waals surface area contributed by atoms with Crippen molar-refractivity contribution in [3.8, 4) is 0 Å². The van der Waals surface area contributed by atoms with Crippen LogP contribution in [0.1, 0.15) is 11.1 Å². The number of sulfonamides is 1. The third kappa shape index (κ3) is 5.03. The first kappa shape index (κ1) is 22.3. The maximum atomic E-state index is 13.3. The predicted octanol–water partition coefficient (Wildman–Crippen LogP) is 5.55. The Morgan fingerprint density at radius 1 is 1.00 bits per heavy atom. The van der Waals surface area contributed by atoms with Crippen LogP contribution in [0.15, 0.2) is 76.1 Å². The van der Waals surface area contributed by atoms with Crippen molar-refractivity contribution in [3.63, 3.8) is 0 Å². The highest BCUT2D eigenvalue weighted by Gasteiger charge is 2.27. The maximum Gasteiger partial charge on any atom is 0.264 e. The second-order valence-corrected chi connectivity index (χ2v) is 9.89. The SMILES string of the molecule is Cc1ccc(N(CC(=O)Nc2ccc(Br)c(C)c2)S(=O)(=O)c2ccccc2)cc1Cl. The number of carbonyl (C=O) groups excluding carboxylic acids is 1. The Morgan fingerprint density at radius 2 is 1.70 bits per heavy atom. The summed E-state index contributed by atoms with van der Waals surface area (Å²) in [5.74, 6) is -0.465. The number of nitrogens with zero attached hydrogens (tertiary/aromatic N) is 1. The number of rotatable bonds is 6. The van der Waals surface area contributed by atoms with Crippen molar-refractivity contribution >= 4 is 54.8 Å². The largest absolute Gasteiger partial charge is 0.325 e. The number of carbonyl (C=O) groups is 1. The van der Waals surface area contributed by atoms with E-state index < -0.39 is 22.5 Å². The fraction of sp³-hybridized carbons (Fsp3) is 0.136. The van der Waals surface area contributed by atoms with Crippen LogP contribution >= 0.6 is 27.5 Å². The minimum Gasteiger partial charge on any atom is -0.325 e. The van der Waals surface area contributed by atoms with Gasteiger partial charge < -0.3 is 5.32 Å². The van der Waals surface area contributed by atoms with Gasteiger partial charge in [0, 0.05) is 15.2 Å². The topological polar surface area (TPSA) is 66.5 Å². The van der Waals surface area contributed by atoms with Crippen LogP contribution in [0, 0.1) is 13.8 Å². The van der Waals surface area contributed by atoms with Crippen molar-refractivity contribution in [2.45, 2.75) is 18.7 Å². The van der Waals surface area contributed by atoms with Gasteiger partial charge in [0.05, 0.1) is 10.6 Å². The number of nitrogens with one attached hydrogen (secondary N) is 1. The molecule has 0 radical (unpaired) electrons. The van der Waals surface area contributed by atoms with Crippen LogP contribution in [0.3, 0.4) is 0 Å².